The smallest absolute Gasteiger partial charge is 0.252 e. The Hall–Kier alpha value is -3.48. The van der Waals surface area contributed by atoms with Gasteiger partial charge in [-0.3, -0.25) is 24.3 Å². The number of aromatic nitrogens is 5. The quantitative estimate of drug-likeness (QED) is 0.415. The van der Waals surface area contributed by atoms with Crippen molar-refractivity contribution in [2.24, 2.45) is 0 Å². The summed E-state index contributed by atoms with van der Waals surface area (Å²) in [5, 5.41) is 0. The summed E-state index contributed by atoms with van der Waals surface area (Å²) in [6.07, 6.45) is 12.4. The third-order valence-corrected chi connectivity index (χ3v) is 5.33. The van der Waals surface area contributed by atoms with Crippen LogP contribution in [0.2, 0.25) is 0 Å². The zero-order chi connectivity index (χ0) is 23.6. The van der Waals surface area contributed by atoms with Crippen molar-refractivity contribution in [3.8, 4) is 0 Å². The molecular weight excluding hydrogens is 417 g/mol. The van der Waals surface area contributed by atoms with Crippen LogP contribution in [0.25, 0.3) is 11.2 Å². The highest BCUT2D eigenvalue weighted by atomic mass is 19.1. The highest BCUT2D eigenvalue weighted by Crippen LogP contribution is 2.15. The summed E-state index contributed by atoms with van der Waals surface area (Å²) >= 11 is 0. The summed E-state index contributed by atoms with van der Waals surface area (Å²) in [4.78, 5) is 29.3. The van der Waals surface area contributed by atoms with Gasteiger partial charge in [-0.25, -0.2) is 9.37 Å². The summed E-state index contributed by atoms with van der Waals surface area (Å²) < 4.78 is 13.7. The lowest BCUT2D eigenvalue weighted by atomic mass is 10.2. The predicted octanol–water partition coefficient (Wildman–Crippen LogP) is 5.33. The number of aryl methyl sites for hydroxylation is 3. The van der Waals surface area contributed by atoms with E-state index in [4.69, 9.17) is 0 Å². The van der Waals surface area contributed by atoms with Gasteiger partial charge in [0.05, 0.1) is 23.6 Å². The van der Waals surface area contributed by atoms with E-state index in [2.05, 4.69) is 19.9 Å². The Morgan fingerprint density at radius 1 is 0.909 bits per heavy atom. The summed E-state index contributed by atoms with van der Waals surface area (Å²) in [6.45, 7) is 5.92. The first-order valence-electron chi connectivity index (χ1n) is 11.3. The van der Waals surface area contributed by atoms with Crippen molar-refractivity contribution in [3.05, 3.63) is 93.8 Å². The molecule has 1 aromatic carbocycles. The zero-order valence-corrected chi connectivity index (χ0v) is 19.5. The molecule has 0 amide bonds. The second kappa shape index (κ2) is 11.9. The van der Waals surface area contributed by atoms with Crippen LogP contribution in [-0.4, -0.2) is 24.5 Å². The van der Waals surface area contributed by atoms with Crippen LogP contribution in [0, 0.1) is 26.6 Å². The molecule has 0 aliphatic heterocycles. The van der Waals surface area contributed by atoms with E-state index in [0.29, 0.717) is 17.7 Å². The van der Waals surface area contributed by atoms with E-state index in [1.165, 1.54) is 50.3 Å². The summed E-state index contributed by atoms with van der Waals surface area (Å²) in [5.74, 6) is -0.162. The van der Waals surface area contributed by atoms with Crippen molar-refractivity contribution in [2.75, 3.05) is 0 Å². The number of hydrogen-bond acceptors (Lipinski definition) is 5. The van der Waals surface area contributed by atoms with Crippen molar-refractivity contribution in [2.45, 2.75) is 59.4 Å². The highest BCUT2D eigenvalue weighted by Gasteiger charge is 2.09. The standard InChI is InChI=1S/C14H13N5O.C7H7F.C5H10/c1-9-7-17-11-3-4-13(20)19(14(11)18-9)8-12-10(2)15-5-6-16-12;1-6-3-2-4-7(8)5-6;1-2-4-5-3-1/h3-7H,8H2,1-2H3;2-5H,1H3;1-5H2. The lowest BCUT2D eigenvalue weighted by molar-refractivity contribution is 0.626. The van der Waals surface area contributed by atoms with Gasteiger partial charge in [-0.1, -0.05) is 44.2 Å². The first-order valence-corrected chi connectivity index (χ1v) is 11.3. The maximum Gasteiger partial charge on any atom is 0.252 e. The van der Waals surface area contributed by atoms with Gasteiger partial charge in [0.25, 0.3) is 5.56 Å². The van der Waals surface area contributed by atoms with Crippen LogP contribution in [0.4, 0.5) is 4.39 Å². The topological polar surface area (TPSA) is 73.6 Å². The minimum Gasteiger partial charge on any atom is -0.285 e. The molecule has 1 fully saturated rings. The fraction of sp³-hybridized carbons (Fsp3) is 0.346. The molecule has 0 bridgehead atoms. The molecule has 0 atom stereocenters. The minimum absolute atomic E-state index is 0.123. The maximum atomic E-state index is 12.2. The Labute approximate surface area is 193 Å². The van der Waals surface area contributed by atoms with Gasteiger partial charge in [0.2, 0.25) is 0 Å². The Bertz CT molecular complexity index is 1230. The van der Waals surface area contributed by atoms with E-state index in [9.17, 15) is 9.18 Å². The summed E-state index contributed by atoms with van der Waals surface area (Å²) in [7, 11) is 0. The van der Waals surface area contributed by atoms with Gasteiger partial charge in [0, 0.05) is 24.7 Å². The zero-order valence-electron chi connectivity index (χ0n) is 19.5. The molecule has 1 aliphatic rings. The fourth-order valence-electron chi connectivity index (χ4n) is 3.52. The van der Waals surface area contributed by atoms with Crippen molar-refractivity contribution < 1.29 is 4.39 Å². The molecule has 5 rings (SSSR count). The number of nitrogens with zero attached hydrogens (tertiary/aromatic N) is 5. The Kier molecular flexibility index (Phi) is 8.75. The monoisotopic (exact) mass is 447 g/mol. The van der Waals surface area contributed by atoms with Gasteiger partial charge in [0.15, 0.2) is 5.65 Å². The average molecular weight is 448 g/mol. The Balaban J connectivity index is 0.000000192. The third kappa shape index (κ3) is 7.27. The molecule has 0 spiro atoms. The van der Waals surface area contributed by atoms with Crippen molar-refractivity contribution in [1.29, 1.82) is 0 Å². The van der Waals surface area contributed by atoms with Gasteiger partial charge in [-0.05, 0) is 44.5 Å². The predicted molar refractivity (Wildman–Crippen MR) is 129 cm³/mol. The van der Waals surface area contributed by atoms with Crippen LogP contribution in [0.15, 0.2) is 59.8 Å². The van der Waals surface area contributed by atoms with E-state index in [1.807, 2.05) is 26.8 Å². The minimum atomic E-state index is -0.162. The summed E-state index contributed by atoms with van der Waals surface area (Å²) in [6, 6.07) is 9.68. The molecule has 172 valence electrons. The SMILES string of the molecule is C1CCCC1.Cc1cccc(F)c1.Cc1cnc2ccc(=O)n(Cc3nccnc3C)c2n1. The molecule has 3 heterocycles. The number of pyridine rings is 1. The molecular formula is C26H30FN5O. The Morgan fingerprint density at radius 3 is 2.21 bits per heavy atom. The number of halogens is 1. The van der Waals surface area contributed by atoms with E-state index >= 15 is 0 Å². The van der Waals surface area contributed by atoms with Crippen LogP contribution >= 0.6 is 0 Å². The van der Waals surface area contributed by atoms with E-state index in [-0.39, 0.29) is 11.4 Å². The van der Waals surface area contributed by atoms with Crippen molar-refractivity contribution in [3.63, 3.8) is 0 Å². The van der Waals surface area contributed by atoms with Crippen LogP contribution in [0.1, 0.15) is 54.7 Å². The first-order chi connectivity index (χ1) is 15.9. The van der Waals surface area contributed by atoms with Gasteiger partial charge < -0.3 is 0 Å². The molecule has 33 heavy (non-hydrogen) atoms. The average Bonchev–Trinajstić information content (AvgIpc) is 3.38. The molecule has 4 aromatic rings. The van der Waals surface area contributed by atoms with E-state index in [1.54, 1.807) is 35.3 Å². The molecule has 1 saturated carbocycles. The maximum absolute atomic E-state index is 12.2. The fourth-order valence-corrected chi connectivity index (χ4v) is 3.52. The number of rotatable bonds is 2. The molecule has 6 nitrogen and oxygen atoms in total. The van der Waals surface area contributed by atoms with Crippen LogP contribution in [0.3, 0.4) is 0 Å². The van der Waals surface area contributed by atoms with E-state index < -0.39 is 0 Å². The number of fused-ring (bicyclic) bond motifs is 1. The molecule has 0 radical (unpaired) electrons. The third-order valence-electron chi connectivity index (χ3n) is 5.33. The highest BCUT2D eigenvalue weighted by molar-refractivity contribution is 5.69. The van der Waals surface area contributed by atoms with Crippen LogP contribution in [-0.2, 0) is 6.54 Å². The van der Waals surface area contributed by atoms with E-state index in [0.717, 1.165) is 22.6 Å². The van der Waals surface area contributed by atoms with Gasteiger partial charge in [0.1, 0.15) is 11.3 Å². The second-order valence-electron chi connectivity index (χ2n) is 8.13. The number of benzene rings is 1. The van der Waals surface area contributed by atoms with Crippen molar-refractivity contribution >= 4 is 11.2 Å². The second-order valence-corrected chi connectivity index (χ2v) is 8.13. The molecule has 0 saturated heterocycles. The number of hydrogen-bond donors (Lipinski definition) is 0. The lowest BCUT2D eigenvalue weighted by Crippen LogP contribution is -2.22. The van der Waals surface area contributed by atoms with Gasteiger partial charge in [-0.2, -0.15) is 0 Å². The van der Waals surface area contributed by atoms with Crippen molar-refractivity contribution in [1.82, 2.24) is 24.5 Å². The van der Waals surface area contributed by atoms with Gasteiger partial charge in [-0.15, -0.1) is 0 Å². The molecule has 3 aromatic heterocycles. The summed E-state index contributed by atoms with van der Waals surface area (Å²) in [5.41, 5.74) is 4.43. The molecule has 0 unspecified atom stereocenters. The van der Waals surface area contributed by atoms with Crippen LogP contribution in [0.5, 0.6) is 0 Å². The Morgan fingerprint density at radius 2 is 1.61 bits per heavy atom. The van der Waals surface area contributed by atoms with Gasteiger partial charge >= 0.3 is 0 Å². The molecule has 1 aliphatic carbocycles. The largest absolute Gasteiger partial charge is 0.285 e. The van der Waals surface area contributed by atoms with Crippen LogP contribution < -0.4 is 5.56 Å². The lowest BCUT2D eigenvalue weighted by Gasteiger charge is -2.09. The normalized spacial score (nSPS) is 12.5. The molecule has 0 N–H and O–H groups in total. The first kappa shape index (κ1) is 24.2. The molecule has 7 heteroatoms.